The SMILES string of the molecule is Cc1ccc(C)n1[C@@H]1C=C[C@@]2(C1)C(=O)Nc1ccc(C(=O)OCc3ccccc3)cc12. The summed E-state index contributed by atoms with van der Waals surface area (Å²) in [6.45, 7) is 4.37. The molecular formula is C26H24N2O3. The van der Waals surface area contributed by atoms with Gasteiger partial charge in [0.2, 0.25) is 5.91 Å². The molecule has 5 nitrogen and oxygen atoms in total. The third-order valence-electron chi connectivity index (χ3n) is 6.39. The molecule has 2 aromatic carbocycles. The fraction of sp³-hybridized carbons (Fsp3) is 0.231. The Bertz CT molecular complexity index is 1190. The van der Waals surface area contributed by atoms with Gasteiger partial charge in [-0.05, 0) is 61.7 Å². The summed E-state index contributed by atoms with van der Waals surface area (Å²) in [6.07, 6.45) is 4.73. The van der Waals surface area contributed by atoms with E-state index in [9.17, 15) is 9.59 Å². The van der Waals surface area contributed by atoms with Gasteiger partial charge in [0.25, 0.3) is 0 Å². The van der Waals surface area contributed by atoms with Crippen molar-refractivity contribution in [2.24, 2.45) is 0 Å². The molecule has 1 spiro atoms. The van der Waals surface area contributed by atoms with Crippen LogP contribution in [0.15, 0.2) is 72.8 Å². The number of carbonyl (C=O) groups excluding carboxylic acids is 2. The number of allylic oxidation sites excluding steroid dienone is 1. The number of nitrogens with one attached hydrogen (secondary N) is 1. The van der Waals surface area contributed by atoms with E-state index < -0.39 is 11.4 Å². The molecule has 1 aromatic heterocycles. The second-order valence-corrected chi connectivity index (χ2v) is 8.36. The molecule has 5 heteroatoms. The van der Waals surface area contributed by atoms with E-state index in [1.54, 1.807) is 12.1 Å². The van der Waals surface area contributed by atoms with Gasteiger partial charge in [0.1, 0.15) is 6.61 Å². The van der Waals surface area contributed by atoms with Crippen molar-refractivity contribution in [2.45, 2.75) is 38.3 Å². The molecule has 0 fully saturated rings. The van der Waals surface area contributed by atoms with Gasteiger partial charge in [-0.2, -0.15) is 0 Å². The lowest BCUT2D eigenvalue weighted by Crippen LogP contribution is -2.32. The summed E-state index contributed by atoms with van der Waals surface area (Å²) in [5.41, 5.74) is 4.56. The van der Waals surface area contributed by atoms with Crippen LogP contribution in [0.25, 0.3) is 0 Å². The standard InChI is InChI=1S/C26H24N2O3/c1-17-8-9-18(2)28(17)21-12-13-26(15-21)22-14-20(10-11-23(22)27-25(26)30)24(29)31-16-19-6-4-3-5-7-19/h3-14,21H,15-16H2,1-2H3,(H,27,30)/t21-,26+/m1/s1. The molecule has 1 aliphatic carbocycles. The van der Waals surface area contributed by atoms with E-state index >= 15 is 0 Å². The Morgan fingerprint density at radius 1 is 1.10 bits per heavy atom. The molecule has 5 rings (SSSR count). The monoisotopic (exact) mass is 412 g/mol. The Hall–Kier alpha value is -3.60. The maximum absolute atomic E-state index is 13.0. The largest absolute Gasteiger partial charge is 0.457 e. The number of hydrogen-bond donors (Lipinski definition) is 1. The van der Waals surface area contributed by atoms with Crippen LogP contribution in [0.1, 0.15) is 45.3 Å². The predicted molar refractivity (Wildman–Crippen MR) is 119 cm³/mol. The van der Waals surface area contributed by atoms with Gasteiger partial charge in [0.15, 0.2) is 0 Å². The smallest absolute Gasteiger partial charge is 0.338 e. The lowest BCUT2D eigenvalue weighted by Gasteiger charge is -2.24. The summed E-state index contributed by atoms with van der Waals surface area (Å²) >= 11 is 0. The fourth-order valence-corrected chi connectivity index (χ4v) is 4.80. The molecule has 0 saturated carbocycles. The first-order valence-electron chi connectivity index (χ1n) is 10.5. The summed E-state index contributed by atoms with van der Waals surface area (Å²) < 4.78 is 7.76. The number of ether oxygens (including phenoxy) is 1. The molecule has 1 N–H and O–H groups in total. The number of carbonyl (C=O) groups is 2. The minimum Gasteiger partial charge on any atom is -0.457 e. The number of fused-ring (bicyclic) bond motifs is 2. The number of amides is 1. The van der Waals surface area contributed by atoms with Crippen LogP contribution in [0.2, 0.25) is 0 Å². The zero-order valence-electron chi connectivity index (χ0n) is 17.6. The third kappa shape index (κ3) is 3.17. The quantitative estimate of drug-likeness (QED) is 0.492. The maximum Gasteiger partial charge on any atom is 0.338 e. The highest BCUT2D eigenvalue weighted by Crippen LogP contribution is 2.49. The first-order valence-corrected chi connectivity index (χ1v) is 10.5. The zero-order chi connectivity index (χ0) is 21.6. The number of anilines is 1. The van der Waals surface area contributed by atoms with Crippen molar-refractivity contribution in [1.29, 1.82) is 0 Å². The van der Waals surface area contributed by atoms with E-state index in [0.717, 1.165) is 16.8 Å². The second-order valence-electron chi connectivity index (χ2n) is 8.36. The van der Waals surface area contributed by atoms with Crippen molar-refractivity contribution >= 4 is 17.6 Å². The second kappa shape index (κ2) is 7.27. The van der Waals surface area contributed by atoms with E-state index in [1.807, 2.05) is 42.5 Å². The molecule has 156 valence electrons. The van der Waals surface area contributed by atoms with Gasteiger partial charge in [-0.3, -0.25) is 4.79 Å². The summed E-state index contributed by atoms with van der Waals surface area (Å²) in [6, 6.07) is 19.2. The van der Waals surface area contributed by atoms with Crippen LogP contribution in [0.3, 0.4) is 0 Å². The zero-order valence-corrected chi connectivity index (χ0v) is 17.6. The van der Waals surface area contributed by atoms with E-state index in [2.05, 4.69) is 41.9 Å². The number of nitrogens with zero attached hydrogens (tertiary/aromatic N) is 1. The molecule has 1 amide bonds. The van der Waals surface area contributed by atoms with Crippen LogP contribution >= 0.6 is 0 Å². The van der Waals surface area contributed by atoms with Crippen molar-refractivity contribution in [1.82, 2.24) is 4.57 Å². The van der Waals surface area contributed by atoms with Crippen LogP contribution in [0.5, 0.6) is 0 Å². The molecule has 1 aliphatic heterocycles. The van der Waals surface area contributed by atoms with Crippen LogP contribution < -0.4 is 5.32 Å². The van der Waals surface area contributed by atoms with Crippen molar-refractivity contribution in [3.63, 3.8) is 0 Å². The van der Waals surface area contributed by atoms with Crippen molar-refractivity contribution in [3.8, 4) is 0 Å². The number of benzene rings is 2. The Kier molecular flexibility index (Phi) is 4.54. The third-order valence-corrected chi connectivity index (χ3v) is 6.39. The minimum atomic E-state index is -0.765. The number of aryl methyl sites for hydroxylation is 2. The normalized spacial score (nSPS) is 21.4. The van der Waals surface area contributed by atoms with Crippen LogP contribution in [0.4, 0.5) is 5.69 Å². The van der Waals surface area contributed by atoms with Gasteiger partial charge in [-0.25, -0.2) is 4.79 Å². The predicted octanol–water partition coefficient (Wildman–Crippen LogP) is 4.85. The molecule has 0 saturated heterocycles. The topological polar surface area (TPSA) is 60.3 Å². The molecule has 31 heavy (non-hydrogen) atoms. The number of esters is 1. The molecule has 0 bridgehead atoms. The first kappa shape index (κ1) is 19.4. The highest BCUT2D eigenvalue weighted by Gasteiger charge is 2.49. The highest BCUT2D eigenvalue weighted by molar-refractivity contribution is 6.09. The van der Waals surface area contributed by atoms with Crippen molar-refractivity contribution < 1.29 is 14.3 Å². The fourth-order valence-electron chi connectivity index (χ4n) is 4.80. The minimum absolute atomic E-state index is 0.0430. The van der Waals surface area contributed by atoms with Crippen LogP contribution in [0, 0.1) is 13.8 Å². The lowest BCUT2D eigenvalue weighted by molar-refractivity contribution is -0.119. The average Bonchev–Trinajstić information content (AvgIpc) is 3.44. The van der Waals surface area contributed by atoms with Gasteiger partial charge in [0.05, 0.1) is 17.0 Å². The Balaban J connectivity index is 1.42. The summed E-state index contributed by atoms with van der Waals surface area (Å²) in [5.74, 6) is -0.435. The molecular weight excluding hydrogens is 388 g/mol. The van der Waals surface area contributed by atoms with E-state index in [-0.39, 0.29) is 18.6 Å². The first-order chi connectivity index (χ1) is 15.0. The van der Waals surface area contributed by atoms with E-state index in [4.69, 9.17) is 4.74 Å². The van der Waals surface area contributed by atoms with E-state index in [0.29, 0.717) is 12.0 Å². The molecule has 0 radical (unpaired) electrons. The number of hydrogen-bond acceptors (Lipinski definition) is 3. The van der Waals surface area contributed by atoms with Gasteiger partial charge in [0, 0.05) is 17.1 Å². The molecule has 2 aliphatic rings. The van der Waals surface area contributed by atoms with Crippen LogP contribution in [-0.2, 0) is 21.6 Å². The average molecular weight is 412 g/mol. The molecule has 2 heterocycles. The Labute approximate surface area is 181 Å². The molecule has 3 aromatic rings. The van der Waals surface area contributed by atoms with Crippen LogP contribution in [-0.4, -0.2) is 16.4 Å². The Morgan fingerprint density at radius 3 is 2.58 bits per heavy atom. The summed E-state index contributed by atoms with van der Waals surface area (Å²) in [7, 11) is 0. The van der Waals surface area contributed by atoms with Crippen molar-refractivity contribution in [3.05, 3.63) is 101 Å². The Morgan fingerprint density at radius 2 is 1.84 bits per heavy atom. The summed E-state index contributed by atoms with van der Waals surface area (Å²) in [4.78, 5) is 25.7. The van der Waals surface area contributed by atoms with Gasteiger partial charge in [-0.15, -0.1) is 0 Å². The molecule has 0 unspecified atom stereocenters. The molecule has 2 atom stereocenters. The summed E-state index contributed by atoms with van der Waals surface area (Å²) in [5, 5.41) is 3.00. The number of aromatic nitrogens is 1. The number of rotatable bonds is 4. The highest BCUT2D eigenvalue weighted by atomic mass is 16.5. The maximum atomic E-state index is 13.0. The van der Waals surface area contributed by atoms with E-state index in [1.165, 1.54) is 11.4 Å². The van der Waals surface area contributed by atoms with Gasteiger partial charge >= 0.3 is 5.97 Å². The lowest BCUT2D eigenvalue weighted by atomic mass is 9.80. The van der Waals surface area contributed by atoms with Gasteiger partial charge < -0.3 is 14.6 Å². The van der Waals surface area contributed by atoms with Crippen molar-refractivity contribution in [2.75, 3.05) is 5.32 Å². The van der Waals surface area contributed by atoms with Gasteiger partial charge in [-0.1, -0.05) is 42.5 Å².